The van der Waals surface area contributed by atoms with E-state index in [4.69, 9.17) is 10.5 Å². The van der Waals surface area contributed by atoms with Gasteiger partial charge in [-0.15, -0.1) is 0 Å². The minimum Gasteiger partial charge on any atom is -0.465 e. The maximum absolute atomic E-state index is 11.9. The van der Waals surface area contributed by atoms with Gasteiger partial charge in [-0.25, -0.2) is 0 Å². The smallest absolute Gasteiger partial charge is 0.325 e. The van der Waals surface area contributed by atoms with Crippen molar-refractivity contribution in [1.29, 1.82) is 0 Å². The Morgan fingerprint density at radius 3 is 2.56 bits per heavy atom. The monoisotopic (exact) mass is 250 g/mol. The Morgan fingerprint density at radius 2 is 2.00 bits per heavy atom. The first-order valence-electron chi connectivity index (χ1n) is 5.87. The van der Waals surface area contributed by atoms with E-state index in [9.17, 15) is 9.59 Å². The van der Waals surface area contributed by atoms with Crippen LogP contribution in [0.1, 0.15) is 18.4 Å². The van der Waals surface area contributed by atoms with Crippen LogP contribution in [0.2, 0.25) is 0 Å². The number of ether oxygens (including phenoxy) is 1. The molecule has 0 saturated carbocycles. The molecular formula is C13H18N2O3. The van der Waals surface area contributed by atoms with Gasteiger partial charge in [0, 0.05) is 6.54 Å². The van der Waals surface area contributed by atoms with Crippen molar-refractivity contribution in [3.8, 4) is 0 Å². The summed E-state index contributed by atoms with van der Waals surface area (Å²) in [4.78, 5) is 23.0. The predicted molar refractivity (Wildman–Crippen MR) is 67.9 cm³/mol. The van der Waals surface area contributed by atoms with Crippen LogP contribution in [0.15, 0.2) is 30.3 Å². The summed E-state index contributed by atoms with van der Waals surface area (Å²) >= 11 is 0. The van der Waals surface area contributed by atoms with E-state index in [2.05, 4.69) is 5.32 Å². The molecule has 1 aromatic carbocycles. The van der Waals surface area contributed by atoms with Crippen molar-refractivity contribution in [2.24, 2.45) is 5.73 Å². The molecule has 0 bridgehead atoms. The Kier molecular flexibility index (Phi) is 5.87. The molecule has 0 aromatic heterocycles. The molecule has 98 valence electrons. The number of rotatable bonds is 6. The van der Waals surface area contributed by atoms with Crippen LogP contribution in [0.5, 0.6) is 0 Å². The van der Waals surface area contributed by atoms with Gasteiger partial charge in [-0.3, -0.25) is 9.59 Å². The van der Waals surface area contributed by atoms with E-state index in [-0.39, 0.29) is 19.0 Å². The molecule has 0 heterocycles. The summed E-state index contributed by atoms with van der Waals surface area (Å²) in [6.45, 7) is 2.08. The first-order valence-corrected chi connectivity index (χ1v) is 5.87. The van der Waals surface area contributed by atoms with E-state index in [0.29, 0.717) is 6.61 Å². The fourth-order valence-corrected chi connectivity index (χ4v) is 1.57. The second-order valence-corrected chi connectivity index (χ2v) is 3.72. The fourth-order valence-electron chi connectivity index (χ4n) is 1.57. The molecule has 1 unspecified atom stereocenters. The quantitative estimate of drug-likeness (QED) is 0.716. The van der Waals surface area contributed by atoms with Crippen LogP contribution in [0, 0.1) is 0 Å². The molecule has 3 N–H and O–H groups in total. The second-order valence-electron chi connectivity index (χ2n) is 3.72. The predicted octanol–water partition coefficient (Wildman–Crippen LogP) is 0.408. The molecular weight excluding hydrogens is 232 g/mol. The number of nitrogens with two attached hydrogens (primary N) is 1. The zero-order valence-corrected chi connectivity index (χ0v) is 10.4. The minimum atomic E-state index is -0.449. The molecule has 5 nitrogen and oxygen atoms in total. The number of esters is 1. The second kappa shape index (κ2) is 7.45. The molecule has 0 aliphatic carbocycles. The summed E-state index contributed by atoms with van der Waals surface area (Å²) in [6, 6.07) is 9.23. The van der Waals surface area contributed by atoms with Crippen molar-refractivity contribution in [3.05, 3.63) is 35.9 Å². The third-order valence-corrected chi connectivity index (χ3v) is 2.47. The Morgan fingerprint density at radius 1 is 1.33 bits per heavy atom. The maximum atomic E-state index is 11.9. The lowest BCUT2D eigenvalue weighted by atomic mass is 9.98. The minimum absolute atomic E-state index is 0.129. The average Bonchev–Trinajstić information content (AvgIpc) is 2.39. The number of hydrogen-bond acceptors (Lipinski definition) is 4. The van der Waals surface area contributed by atoms with Crippen molar-refractivity contribution in [2.45, 2.75) is 12.8 Å². The van der Waals surface area contributed by atoms with Gasteiger partial charge in [-0.05, 0) is 12.5 Å². The summed E-state index contributed by atoms with van der Waals surface area (Å²) < 4.78 is 4.73. The lowest BCUT2D eigenvalue weighted by Crippen LogP contribution is -2.37. The van der Waals surface area contributed by atoms with Crippen LogP contribution in [0.3, 0.4) is 0 Å². The van der Waals surface area contributed by atoms with Gasteiger partial charge in [-0.2, -0.15) is 0 Å². The molecule has 0 saturated heterocycles. The van der Waals surface area contributed by atoms with E-state index >= 15 is 0 Å². The molecule has 0 radical (unpaired) electrons. The molecule has 5 heteroatoms. The SMILES string of the molecule is CCOC(=O)CNC(=O)C(CN)c1ccccc1. The normalized spacial score (nSPS) is 11.7. The number of nitrogens with one attached hydrogen (secondary N) is 1. The van der Waals surface area contributed by atoms with E-state index in [0.717, 1.165) is 5.56 Å². The van der Waals surface area contributed by atoms with Crippen LogP contribution in [-0.4, -0.2) is 31.6 Å². The van der Waals surface area contributed by atoms with Crippen LogP contribution in [-0.2, 0) is 14.3 Å². The molecule has 1 atom stereocenters. The Bertz CT molecular complexity index is 392. The van der Waals surface area contributed by atoms with Crippen molar-refractivity contribution in [2.75, 3.05) is 19.7 Å². The highest BCUT2D eigenvalue weighted by Crippen LogP contribution is 2.13. The standard InChI is InChI=1S/C13H18N2O3/c1-2-18-12(16)9-15-13(17)11(8-14)10-6-4-3-5-7-10/h3-7,11H,2,8-9,14H2,1H3,(H,15,17). The van der Waals surface area contributed by atoms with Crippen LogP contribution < -0.4 is 11.1 Å². The van der Waals surface area contributed by atoms with Gasteiger partial charge >= 0.3 is 5.97 Å². The third-order valence-electron chi connectivity index (χ3n) is 2.47. The van der Waals surface area contributed by atoms with Gasteiger partial charge in [0.15, 0.2) is 0 Å². The molecule has 18 heavy (non-hydrogen) atoms. The van der Waals surface area contributed by atoms with Crippen molar-refractivity contribution >= 4 is 11.9 Å². The number of hydrogen-bond donors (Lipinski definition) is 2. The summed E-state index contributed by atoms with van der Waals surface area (Å²) in [5, 5.41) is 2.52. The summed E-state index contributed by atoms with van der Waals surface area (Å²) in [5.74, 6) is -1.16. The number of carbonyl (C=O) groups is 2. The van der Waals surface area contributed by atoms with Gasteiger partial charge < -0.3 is 15.8 Å². The molecule has 0 fully saturated rings. The third kappa shape index (κ3) is 4.18. The van der Waals surface area contributed by atoms with Gasteiger partial charge in [0.05, 0.1) is 12.5 Å². The van der Waals surface area contributed by atoms with Crippen LogP contribution >= 0.6 is 0 Å². The Hall–Kier alpha value is -1.88. The summed E-state index contributed by atoms with van der Waals surface area (Å²) in [6.07, 6.45) is 0. The maximum Gasteiger partial charge on any atom is 0.325 e. The highest BCUT2D eigenvalue weighted by molar-refractivity contribution is 5.87. The van der Waals surface area contributed by atoms with E-state index < -0.39 is 11.9 Å². The largest absolute Gasteiger partial charge is 0.465 e. The van der Waals surface area contributed by atoms with Crippen LogP contribution in [0.25, 0.3) is 0 Å². The van der Waals surface area contributed by atoms with E-state index in [1.807, 2.05) is 30.3 Å². The van der Waals surface area contributed by atoms with Crippen molar-refractivity contribution in [1.82, 2.24) is 5.32 Å². The first-order chi connectivity index (χ1) is 8.69. The van der Waals surface area contributed by atoms with Crippen LogP contribution in [0.4, 0.5) is 0 Å². The average molecular weight is 250 g/mol. The van der Waals surface area contributed by atoms with Crippen molar-refractivity contribution in [3.63, 3.8) is 0 Å². The highest BCUT2D eigenvalue weighted by atomic mass is 16.5. The van der Waals surface area contributed by atoms with Gasteiger partial charge in [0.25, 0.3) is 0 Å². The fraction of sp³-hybridized carbons (Fsp3) is 0.385. The highest BCUT2D eigenvalue weighted by Gasteiger charge is 2.19. The summed E-state index contributed by atoms with van der Waals surface area (Å²) in [5.41, 5.74) is 6.43. The summed E-state index contributed by atoms with van der Waals surface area (Å²) in [7, 11) is 0. The molecule has 0 aliphatic heterocycles. The first kappa shape index (κ1) is 14.2. The Labute approximate surface area is 106 Å². The zero-order valence-electron chi connectivity index (χ0n) is 10.4. The van der Waals surface area contributed by atoms with E-state index in [1.165, 1.54) is 0 Å². The van der Waals surface area contributed by atoms with Crippen molar-refractivity contribution < 1.29 is 14.3 Å². The van der Waals surface area contributed by atoms with Gasteiger partial charge in [-0.1, -0.05) is 30.3 Å². The molecule has 1 amide bonds. The topological polar surface area (TPSA) is 81.4 Å². The zero-order chi connectivity index (χ0) is 13.4. The van der Waals surface area contributed by atoms with Gasteiger partial charge in [0.1, 0.15) is 6.54 Å². The molecule has 1 rings (SSSR count). The lowest BCUT2D eigenvalue weighted by molar-refractivity contribution is -0.143. The van der Waals surface area contributed by atoms with Gasteiger partial charge in [0.2, 0.25) is 5.91 Å². The molecule has 0 aliphatic rings. The number of benzene rings is 1. The van der Waals surface area contributed by atoms with E-state index in [1.54, 1.807) is 6.92 Å². The molecule has 0 spiro atoms. The lowest BCUT2D eigenvalue weighted by Gasteiger charge is -2.14. The Balaban J connectivity index is 2.56. The number of carbonyl (C=O) groups excluding carboxylic acids is 2. The molecule has 1 aromatic rings. The number of amides is 1.